The Labute approximate surface area is 154 Å². The molecule has 138 valence electrons. The van der Waals surface area contributed by atoms with E-state index in [1.54, 1.807) is 12.4 Å². The molecule has 2 aromatic rings. The predicted octanol–water partition coefficient (Wildman–Crippen LogP) is 1.52. The van der Waals surface area contributed by atoms with Gasteiger partial charge in [-0.3, -0.25) is 4.98 Å². The molecule has 0 unspecified atom stereocenters. The number of hydrogen-bond donors (Lipinski definition) is 0. The first-order valence-corrected chi connectivity index (χ1v) is 9.35. The summed E-state index contributed by atoms with van der Waals surface area (Å²) in [6.45, 7) is 7.38. The molecule has 26 heavy (non-hydrogen) atoms. The Balaban J connectivity index is 1.71. The van der Waals surface area contributed by atoms with E-state index in [1.165, 1.54) is 0 Å². The molecule has 2 aromatic heterocycles. The van der Waals surface area contributed by atoms with E-state index in [4.69, 9.17) is 14.7 Å². The molecule has 0 aliphatic carbocycles. The van der Waals surface area contributed by atoms with Crippen LogP contribution in [0.1, 0.15) is 6.42 Å². The first kappa shape index (κ1) is 17.2. The maximum atomic E-state index is 5.52. The monoisotopic (exact) mass is 354 g/mol. The van der Waals surface area contributed by atoms with Crippen molar-refractivity contribution in [1.82, 2.24) is 19.9 Å². The number of ether oxygens (including phenoxy) is 1. The van der Waals surface area contributed by atoms with Crippen LogP contribution in [0.5, 0.6) is 0 Å². The van der Waals surface area contributed by atoms with Gasteiger partial charge in [0.15, 0.2) is 11.6 Å². The number of pyridine rings is 1. The summed E-state index contributed by atoms with van der Waals surface area (Å²) in [5.74, 6) is 1.98. The normalized spacial score (nSPS) is 19.4. The fraction of sp³-hybridized carbons (Fsp3) is 0.526. The second-order valence-corrected chi connectivity index (χ2v) is 6.88. The van der Waals surface area contributed by atoms with Crippen molar-refractivity contribution >= 4 is 11.6 Å². The van der Waals surface area contributed by atoms with Gasteiger partial charge < -0.3 is 19.4 Å². The molecule has 2 aliphatic heterocycles. The van der Waals surface area contributed by atoms with Gasteiger partial charge in [0, 0.05) is 50.7 Å². The lowest BCUT2D eigenvalue weighted by atomic mass is 10.2. The Morgan fingerprint density at radius 2 is 1.65 bits per heavy atom. The van der Waals surface area contributed by atoms with Crippen molar-refractivity contribution in [1.29, 1.82) is 0 Å². The molecule has 0 saturated carbocycles. The summed E-state index contributed by atoms with van der Waals surface area (Å²) < 4.78 is 5.52. The molecule has 0 N–H and O–H groups in total. The van der Waals surface area contributed by atoms with E-state index in [0.29, 0.717) is 0 Å². The third-order valence-corrected chi connectivity index (χ3v) is 5.04. The summed E-state index contributed by atoms with van der Waals surface area (Å²) in [5, 5.41) is 0. The van der Waals surface area contributed by atoms with E-state index in [-0.39, 0.29) is 0 Å². The summed E-state index contributed by atoms with van der Waals surface area (Å²) in [5.41, 5.74) is 1.95. The van der Waals surface area contributed by atoms with Crippen LogP contribution >= 0.6 is 0 Å². The Morgan fingerprint density at radius 1 is 0.885 bits per heavy atom. The lowest BCUT2D eigenvalue weighted by Gasteiger charge is -2.32. The van der Waals surface area contributed by atoms with Crippen LogP contribution in [0.3, 0.4) is 0 Å². The topological polar surface area (TPSA) is 57.6 Å². The molecule has 4 rings (SSSR count). The molecule has 2 aliphatic rings. The number of rotatable bonds is 3. The maximum Gasteiger partial charge on any atom is 0.172 e. The van der Waals surface area contributed by atoms with Crippen molar-refractivity contribution in [2.75, 3.05) is 69.3 Å². The highest BCUT2D eigenvalue weighted by atomic mass is 16.5. The van der Waals surface area contributed by atoms with Gasteiger partial charge in [-0.2, -0.15) is 0 Å². The Bertz CT molecular complexity index is 719. The Morgan fingerprint density at radius 3 is 2.46 bits per heavy atom. The first-order chi connectivity index (χ1) is 12.8. The van der Waals surface area contributed by atoms with Gasteiger partial charge in [-0.25, -0.2) is 9.97 Å². The highest BCUT2D eigenvalue weighted by Crippen LogP contribution is 2.29. The largest absolute Gasteiger partial charge is 0.378 e. The zero-order chi connectivity index (χ0) is 17.8. The number of aromatic nitrogens is 3. The van der Waals surface area contributed by atoms with Crippen molar-refractivity contribution in [3.8, 4) is 11.3 Å². The summed E-state index contributed by atoms with van der Waals surface area (Å²) in [6.07, 6.45) is 6.62. The fourth-order valence-corrected chi connectivity index (χ4v) is 3.50. The van der Waals surface area contributed by atoms with E-state index in [0.717, 1.165) is 81.8 Å². The van der Waals surface area contributed by atoms with E-state index >= 15 is 0 Å². The van der Waals surface area contributed by atoms with Gasteiger partial charge in [-0.1, -0.05) is 0 Å². The summed E-state index contributed by atoms with van der Waals surface area (Å²) >= 11 is 0. The van der Waals surface area contributed by atoms with Crippen LogP contribution < -0.4 is 9.80 Å². The maximum absolute atomic E-state index is 5.52. The molecule has 2 fully saturated rings. The quantitative estimate of drug-likeness (QED) is 0.828. The standard InChI is InChI=1S/C19H26N6O/c1-23-7-2-8-24(10-9-23)19-18(25-11-13-26-14-12-25)21-15-17(22-19)16-3-5-20-6-4-16/h3-6,15H,2,7-14H2,1H3. The van der Waals surface area contributed by atoms with Crippen LogP contribution in [-0.2, 0) is 4.74 Å². The summed E-state index contributed by atoms with van der Waals surface area (Å²) in [6, 6.07) is 3.97. The van der Waals surface area contributed by atoms with Gasteiger partial charge >= 0.3 is 0 Å². The molecule has 0 spiro atoms. The van der Waals surface area contributed by atoms with Crippen molar-refractivity contribution in [3.63, 3.8) is 0 Å². The minimum atomic E-state index is 0.746. The molecule has 0 radical (unpaired) electrons. The zero-order valence-electron chi connectivity index (χ0n) is 15.3. The zero-order valence-corrected chi connectivity index (χ0v) is 15.3. The van der Waals surface area contributed by atoms with Crippen LogP contribution in [0.25, 0.3) is 11.3 Å². The van der Waals surface area contributed by atoms with E-state index < -0.39 is 0 Å². The molecule has 0 bridgehead atoms. The van der Waals surface area contributed by atoms with Gasteiger partial charge in [0.1, 0.15) is 0 Å². The molecular formula is C19H26N6O. The van der Waals surface area contributed by atoms with Gasteiger partial charge in [-0.15, -0.1) is 0 Å². The number of hydrogen-bond acceptors (Lipinski definition) is 7. The molecular weight excluding hydrogens is 328 g/mol. The van der Waals surface area contributed by atoms with Gasteiger partial charge in [0.2, 0.25) is 0 Å². The third kappa shape index (κ3) is 3.78. The lowest BCUT2D eigenvalue weighted by molar-refractivity contribution is 0.122. The van der Waals surface area contributed by atoms with Crippen LogP contribution in [0, 0.1) is 0 Å². The number of anilines is 2. The van der Waals surface area contributed by atoms with Crippen LogP contribution in [-0.4, -0.2) is 79.4 Å². The lowest BCUT2D eigenvalue weighted by Crippen LogP contribution is -2.39. The molecule has 0 atom stereocenters. The van der Waals surface area contributed by atoms with Crippen molar-refractivity contribution < 1.29 is 4.74 Å². The van der Waals surface area contributed by atoms with E-state index in [1.807, 2.05) is 18.3 Å². The van der Waals surface area contributed by atoms with Crippen LogP contribution in [0.2, 0.25) is 0 Å². The van der Waals surface area contributed by atoms with Crippen molar-refractivity contribution in [2.45, 2.75) is 6.42 Å². The predicted molar refractivity (Wildman–Crippen MR) is 103 cm³/mol. The second kappa shape index (κ2) is 7.97. The van der Waals surface area contributed by atoms with Gasteiger partial charge in [0.05, 0.1) is 25.1 Å². The number of likely N-dealkylation sites (N-methyl/N-ethyl adjacent to an activating group) is 1. The molecule has 2 saturated heterocycles. The average molecular weight is 354 g/mol. The molecule has 7 heteroatoms. The van der Waals surface area contributed by atoms with Crippen molar-refractivity contribution in [2.24, 2.45) is 0 Å². The smallest absolute Gasteiger partial charge is 0.172 e. The number of nitrogens with zero attached hydrogens (tertiary/aromatic N) is 6. The highest BCUT2D eigenvalue weighted by Gasteiger charge is 2.23. The fourth-order valence-electron chi connectivity index (χ4n) is 3.50. The van der Waals surface area contributed by atoms with Gasteiger partial charge in [0.25, 0.3) is 0 Å². The van der Waals surface area contributed by atoms with Gasteiger partial charge in [-0.05, 0) is 32.1 Å². The number of morpholine rings is 1. The van der Waals surface area contributed by atoms with Crippen LogP contribution in [0.15, 0.2) is 30.7 Å². The molecule has 4 heterocycles. The Hall–Kier alpha value is -2.25. The molecule has 7 nitrogen and oxygen atoms in total. The highest BCUT2D eigenvalue weighted by molar-refractivity contribution is 5.68. The Kier molecular flexibility index (Phi) is 5.26. The van der Waals surface area contributed by atoms with Crippen molar-refractivity contribution in [3.05, 3.63) is 30.7 Å². The van der Waals surface area contributed by atoms with Crippen LogP contribution in [0.4, 0.5) is 11.6 Å². The molecule has 0 aromatic carbocycles. The summed E-state index contributed by atoms with van der Waals surface area (Å²) in [4.78, 5) is 21.1. The second-order valence-electron chi connectivity index (χ2n) is 6.88. The third-order valence-electron chi connectivity index (χ3n) is 5.04. The molecule has 0 amide bonds. The first-order valence-electron chi connectivity index (χ1n) is 9.35. The van der Waals surface area contributed by atoms with E-state index in [2.05, 4.69) is 26.7 Å². The minimum absolute atomic E-state index is 0.746. The average Bonchev–Trinajstić information content (AvgIpc) is 2.93. The SMILES string of the molecule is CN1CCCN(c2nc(-c3ccncc3)cnc2N2CCOCC2)CC1. The minimum Gasteiger partial charge on any atom is -0.378 e. The van der Waals surface area contributed by atoms with E-state index in [9.17, 15) is 0 Å². The summed E-state index contributed by atoms with van der Waals surface area (Å²) in [7, 11) is 2.19.